The summed E-state index contributed by atoms with van der Waals surface area (Å²) >= 11 is 1.53. The number of hydrogen-bond acceptors (Lipinski definition) is 3. The van der Waals surface area contributed by atoms with E-state index < -0.39 is 0 Å². The van der Waals surface area contributed by atoms with Crippen LogP contribution in [-0.4, -0.2) is 20.3 Å². The predicted octanol–water partition coefficient (Wildman–Crippen LogP) is 4.51. The molecule has 2 aromatic carbocycles. The normalized spacial score (nSPS) is 11.4. The molecule has 25 heavy (non-hydrogen) atoms. The van der Waals surface area contributed by atoms with Crippen molar-refractivity contribution in [2.45, 2.75) is 18.5 Å². The van der Waals surface area contributed by atoms with Gasteiger partial charge in [-0.2, -0.15) is 0 Å². The number of hydrogen-bond donors (Lipinski definition) is 1. The molecular weight excluding hydrogens is 337 g/mol. The molecule has 2 aromatic heterocycles. The third kappa shape index (κ3) is 2.72. The lowest BCUT2D eigenvalue weighted by Gasteiger charge is -2.11. The molecule has 2 heterocycles. The monoisotopic (exact) mass is 353 g/mol. The number of H-pyrrole nitrogens is 1. The van der Waals surface area contributed by atoms with E-state index in [9.17, 15) is 9.18 Å². The average molecular weight is 353 g/mol. The second-order valence-corrected chi connectivity index (χ2v) is 6.82. The number of aromatic nitrogens is 3. The maximum Gasteiger partial charge on any atom is 0.283 e. The summed E-state index contributed by atoms with van der Waals surface area (Å²) in [5.41, 5.74) is 2.46. The van der Waals surface area contributed by atoms with Crippen LogP contribution in [0.15, 0.2) is 58.5 Å². The first-order valence-corrected chi connectivity index (χ1v) is 9.10. The molecular formula is C19H16FN3OS. The lowest BCUT2D eigenvalue weighted by atomic mass is 10.2. The Morgan fingerprint density at radius 1 is 1.16 bits per heavy atom. The number of halogens is 1. The zero-order valence-corrected chi connectivity index (χ0v) is 14.4. The maximum atomic E-state index is 13.3. The predicted molar refractivity (Wildman–Crippen MR) is 100 cm³/mol. The van der Waals surface area contributed by atoms with Gasteiger partial charge in [-0.1, -0.05) is 36.9 Å². The van der Waals surface area contributed by atoms with Crippen LogP contribution in [0.2, 0.25) is 0 Å². The molecule has 0 atom stereocenters. The Hall–Kier alpha value is -2.60. The summed E-state index contributed by atoms with van der Waals surface area (Å²) in [6, 6.07) is 13.6. The van der Waals surface area contributed by atoms with Gasteiger partial charge < -0.3 is 4.98 Å². The summed E-state index contributed by atoms with van der Waals surface area (Å²) < 4.78 is 14.8. The summed E-state index contributed by atoms with van der Waals surface area (Å²) in [6.45, 7) is 2.08. The Kier molecular flexibility index (Phi) is 4.05. The van der Waals surface area contributed by atoms with Gasteiger partial charge in [-0.3, -0.25) is 9.36 Å². The van der Waals surface area contributed by atoms with Crippen molar-refractivity contribution in [3.8, 4) is 5.69 Å². The summed E-state index contributed by atoms with van der Waals surface area (Å²) in [4.78, 5) is 21.1. The first-order chi connectivity index (χ1) is 12.2. The Labute approximate surface area is 147 Å². The Morgan fingerprint density at radius 3 is 2.68 bits per heavy atom. The van der Waals surface area contributed by atoms with Gasteiger partial charge in [0.05, 0.1) is 5.69 Å². The summed E-state index contributed by atoms with van der Waals surface area (Å²) in [6.07, 6.45) is 0.968. The molecule has 1 N–H and O–H groups in total. The van der Waals surface area contributed by atoms with E-state index in [4.69, 9.17) is 4.98 Å². The molecule has 4 rings (SSSR count). The molecule has 4 aromatic rings. The van der Waals surface area contributed by atoms with E-state index in [1.165, 1.54) is 23.9 Å². The van der Waals surface area contributed by atoms with Crippen LogP contribution in [-0.2, 0) is 0 Å². The van der Waals surface area contributed by atoms with Gasteiger partial charge in [0.25, 0.3) is 5.56 Å². The van der Waals surface area contributed by atoms with E-state index in [2.05, 4.69) is 11.9 Å². The molecule has 0 bridgehead atoms. The van der Waals surface area contributed by atoms with E-state index in [0.29, 0.717) is 21.9 Å². The minimum Gasteiger partial charge on any atom is -0.349 e. The maximum absolute atomic E-state index is 13.3. The van der Waals surface area contributed by atoms with E-state index in [-0.39, 0.29) is 11.4 Å². The number of nitrogens with zero attached hydrogens (tertiary/aromatic N) is 2. The summed E-state index contributed by atoms with van der Waals surface area (Å²) in [7, 11) is 0. The van der Waals surface area contributed by atoms with E-state index in [1.54, 1.807) is 16.7 Å². The quantitative estimate of drug-likeness (QED) is 0.434. The van der Waals surface area contributed by atoms with E-state index >= 15 is 0 Å². The van der Waals surface area contributed by atoms with E-state index in [1.807, 2.05) is 24.3 Å². The highest BCUT2D eigenvalue weighted by atomic mass is 32.2. The number of rotatable bonds is 4. The van der Waals surface area contributed by atoms with Crippen LogP contribution >= 0.6 is 11.8 Å². The number of thioether (sulfide) groups is 1. The molecule has 0 saturated carbocycles. The van der Waals surface area contributed by atoms with Crippen LogP contribution < -0.4 is 5.56 Å². The van der Waals surface area contributed by atoms with Gasteiger partial charge in [-0.25, -0.2) is 9.37 Å². The second kappa shape index (κ2) is 6.37. The van der Waals surface area contributed by atoms with E-state index in [0.717, 1.165) is 23.1 Å². The standard InChI is InChI=1S/C19H16FN3OS/c1-2-11-25-19-22-16-14-5-3-4-6-15(14)21-17(16)18(24)23(19)13-9-7-12(20)8-10-13/h3-10,21H,2,11H2,1H3. The fourth-order valence-electron chi connectivity index (χ4n) is 2.85. The highest BCUT2D eigenvalue weighted by Crippen LogP contribution is 2.26. The molecule has 0 spiro atoms. The fourth-order valence-corrected chi connectivity index (χ4v) is 3.71. The van der Waals surface area contributed by atoms with Crippen molar-refractivity contribution in [2.24, 2.45) is 0 Å². The molecule has 0 amide bonds. The van der Waals surface area contributed by atoms with Crippen molar-refractivity contribution in [3.05, 3.63) is 64.7 Å². The molecule has 0 aliphatic carbocycles. The number of benzene rings is 2. The third-order valence-electron chi connectivity index (χ3n) is 4.01. The van der Waals surface area contributed by atoms with Crippen LogP contribution in [0.1, 0.15) is 13.3 Å². The zero-order chi connectivity index (χ0) is 17.4. The highest BCUT2D eigenvalue weighted by molar-refractivity contribution is 7.99. The molecule has 0 unspecified atom stereocenters. The SMILES string of the molecule is CCCSc1nc2c([nH]c3ccccc32)c(=O)n1-c1ccc(F)cc1. The molecule has 0 radical (unpaired) electrons. The van der Waals surface area contributed by atoms with Crippen LogP contribution in [0.5, 0.6) is 0 Å². The minimum atomic E-state index is -0.334. The van der Waals surface area contributed by atoms with Gasteiger partial charge in [-0.15, -0.1) is 0 Å². The molecule has 0 fully saturated rings. The van der Waals surface area contributed by atoms with Crippen LogP contribution in [0, 0.1) is 5.82 Å². The lowest BCUT2D eigenvalue weighted by molar-refractivity contribution is 0.627. The van der Waals surface area contributed by atoms with Crippen molar-refractivity contribution in [2.75, 3.05) is 5.75 Å². The third-order valence-corrected chi connectivity index (χ3v) is 5.16. The summed E-state index contributed by atoms with van der Waals surface area (Å²) in [5.74, 6) is 0.515. The van der Waals surface area contributed by atoms with Crippen molar-refractivity contribution >= 4 is 33.7 Å². The Balaban J connectivity index is 2.05. The van der Waals surface area contributed by atoms with Gasteiger partial charge in [0, 0.05) is 16.7 Å². The minimum absolute atomic E-state index is 0.175. The average Bonchev–Trinajstić information content (AvgIpc) is 3.00. The molecule has 6 heteroatoms. The first-order valence-electron chi connectivity index (χ1n) is 8.11. The van der Waals surface area contributed by atoms with Crippen molar-refractivity contribution < 1.29 is 4.39 Å². The zero-order valence-electron chi connectivity index (χ0n) is 13.6. The van der Waals surface area contributed by atoms with Gasteiger partial charge in [0.2, 0.25) is 0 Å². The van der Waals surface area contributed by atoms with Gasteiger partial charge in [0.15, 0.2) is 5.16 Å². The first kappa shape index (κ1) is 15.9. The van der Waals surface area contributed by atoms with Crippen molar-refractivity contribution in [1.82, 2.24) is 14.5 Å². The molecule has 126 valence electrons. The topological polar surface area (TPSA) is 50.7 Å². The summed E-state index contributed by atoms with van der Waals surface area (Å²) in [5, 5.41) is 1.55. The number of nitrogens with one attached hydrogen (secondary N) is 1. The molecule has 0 saturated heterocycles. The number of para-hydroxylation sites is 1. The number of aromatic amines is 1. The fraction of sp³-hybridized carbons (Fsp3) is 0.158. The van der Waals surface area contributed by atoms with Crippen LogP contribution in [0.3, 0.4) is 0 Å². The van der Waals surface area contributed by atoms with Crippen molar-refractivity contribution in [3.63, 3.8) is 0 Å². The smallest absolute Gasteiger partial charge is 0.283 e. The van der Waals surface area contributed by atoms with Gasteiger partial charge in [0.1, 0.15) is 16.9 Å². The largest absolute Gasteiger partial charge is 0.349 e. The highest BCUT2D eigenvalue weighted by Gasteiger charge is 2.16. The molecule has 0 aliphatic rings. The lowest BCUT2D eigenvalue weighted by Crippen LogP contribution is -2.21. The number of fused-ring (bicyclic) bond motifs is 3. The second-order valence-electron chi connectivity index (χ2n) is 5.75. The van der Waals surface area contributed by atoms with Gasteiger partial charge >= 0.3 is 0 Å². The van der Waals surface area contributed by atoms with Crippen LogP contribution in [0.25, 0.3) is 27.6 Å². The Morgan fingerprint density at radius 2 is 1.92 bits per heavy atom. The van der Waals surface area contributed by atoms with Crippen molar-refractivity contribution in [1.29, 1.82) is 0 Å². The molecule has 4 nitrogen and oxygen atoms in total. The molecule has 0 aliphatic heterocycles. The Bertz CT molecular complexity index is 1120. The van der Waals surface area contributed by atoms with Crippen LogP contribution in [0.4, 0.5) is 4.39 Å². The van der Waals surface area contributed by atoms with Gasteiger partial charge in [-0.05, 0) is 36.8 Å².